The van der Waals surface area contributed by atoms with E-state index in [1.54, 1.807) is 12.3 Å². The molecule has 0 radical (unpaired) electrons. The van der Waals surface area contributed by atoms with Crippen molar-refractivity contribution in [3.05, 3.63) is 40.6 Å². The first-order valence-electron chi connectivity index (χ1n) is 8.03. The van der Waals surface area contributed by atoms with Gasteiger partial charge in [0.1, 0.15) is 11.5 Å². The maximum Gasteiger partial charge on any atom is 0.224 e. The van der Waals surface area contributed by atoms with Crippen molar-refractivity contribution in [2.45, 2.75) is 45.4 Å². The summed E-state index contributed by atoms with van der Waals surface area (Å²) >= 11 is 6.10. The highest BCUT2D eigenvalue weighted by atomic mass is 35.5. The second-order valence-electron chi connectivity index (χ2n) is 6.96. The lowest BCUT2D eigenvalue weighted by Crippen LogP contribution is -2.13. The molecule has 24 heavy (non-hydrogen) atoms. The number of amides is 1. The van der Waals surface area contributed by atoms with Gasteiger partial charge in [0, 0.05) is 35.3 Å². The number of oxazole rings is 1. The Morgan fingerprint density at radius 3 is 2.88 bits per heavy atom. The molecule has 0 spiro atoms. The van der Waals surface area contributed by atoms with Gasteiger partial charge in [-0.2, -0.15) is 0 Å². The highest BCUT2D eigenvalue weighted by molar-refractivity contribution is 6.31. The summed E-state index contributed by atoms with van der Waals surface area (Å²) in [7, 11) is 0. The molecule has 2 aromatic rings. The van der Waals surface area contributed by atoms with Crippen LogP contribution in [0.15, 0.2) is 22.7 Å². The standard InChI is InChI=1S/C18H21ClN2O3/c1-18(2,3)14-10-20-16(24-14)5-4-15(22)21-13-9-12(19)8-11-6-7-23-17(11)13/h8-10H,4-7H2,1-3H3,(H,21,22). The molecule has 0 bridgehead atoms. The number of fused-ring (bicyclic) bond motifs is 1. The van der Waals surface area contributed by atoms with Gasteiger partial charge in [0.15, 0.2) is 5.89 Å². The van der Waals surface area contributed by atoms with Crippen LogP contribution < -0.4 is 10.1 Å². The largest absolute Gasteiger partial charge is 0.491 e. The number of hydrogen-bond acceptors (Lipinski definition) is 4. The molecule has 2 heterocycles. The van der Waals surface area contributed by atoms with Crippen LogP contribution in [0.2, 0.25) is 5.02 Å². The zero-order valence-electron chi connectivity index (χ0n) is 14.1. The molecule has 1 aromatic heterocycles. The Bertz CT molecular complexity index is 762. The fourth-order valence-corrected chi connectivity index (χ4v) is 2.81. The monoisotopic (exact) mass is 348 g/mol. The lowest BCUT2D eigenvalue weighted by molar-refractivity contribution is -0.116. The SMILES string of the molecule is CC(C)(C)c1cnc(CCC(=O)Nc2cc(Cl)cc3c2OCC3)o1. The van der Waals surface area contributed by atoms with Gasteiger partial charge in [-0.3, -0.25) is 4.79 Å². The second kappa shape index (κ2) is 6.48. The smallest absolute Gasteiger partial charge is 0.224 e. The van der Waals surface area contributed by atoms with E-state index in [0.717, 1.165) is 23.5 Å². The Morgan fingerprint density at radius 1 is 1.38 bits per heavy atom. The van der Waals surface area contributed by atoms with E-state index in [9.17, 15) is 4.79 Å². The van der Waals surface area contributed by atoms with Crippen molar-refractivity contribution < 1.29 is 13.9 Å². The quantitative estimate of drug-likeness (QED) is 0.902. The first-order chi connectivity index (χ1) is 11.3. The van der Waals surface area contributed by atoms with E-state index < -0.39 is 0 Å². The third-order valence-electron chi connectivity index (χ3n) is 3.88. The Morgan fingerprint density at radius 2 is 2.17 bits per heavy atom. The number of benzene rings is 1. The van der Waals surface area contributed by atoms with Crippen molar-refractivity contribution in [2.24, 2.45) is 0 Å². The summed E-state index contributed by atoms with van der Waals surface area (Å²) in [6.07, 6.45) is 3.27. The number of aryl methyl sites for hydroxylation is 1. The van der Waals surface area contributed by atoms with Gasteiger partial charge in [-0.05, 0) is 12.1 Å². The molecular formula is C18H21ClN2O3. The predicted molar refractivity (Wildman–Crippen MR) is 92.8 cm³/mol. The molecule has 1 aliphatic heterocycles. The maximum absolute atomic E-state index is 12.2. The summed E-state index contributed by atoms with van der Waals surface area (Å²) < 4.78 is 11.3. The number of nitrogens with one attached hydrogen (secondary N) is 1. The predicted octanol–water partition coefficient (Wildman–Crippen LogP) is 4.13. The molecular weight excluding hydrogens is 328 g/mol. The summed E-state index contributed by atoms with van der Waals surface area (Å²) in [5.74, 6) is 1.99. The van der Waals surface area contributed by atoms with Gasteiger partial charge in [0.2, 0.25) is 5.91 Å². The summed E-state index contributed by atoms with van der Waals surface area (Å²) in [5, 5.41) is 3.47. The molecule has 3 rings (SSSR count). The van der Waals surface area contributed by atoms with Crippen LogP contribution in [0.4, 0.5) is 5.69 Å². The third-order valence-corrected chi connectivity index (χ3v) is 4.10. The lowest BCUT2D eigenvalue weighted by atomic mass is 9.94. The Hall–Kier alpha value is -2.01. The molecule has 1 aliphatic rings. The Kier molecular flexibility index (Phi) is 4.54. The maximum atomic E-state index is 12.2. The van der Waals surface area contributed by atoms with Gasteiger partial charge in [-0.15, -0.1) is 0 Å². The van der Waals surface area contributed by atoms with Crippen molar-refractivity contribution in [1.82, 2.24) is 4.98 Å². The van der Waals surface area contributed by atoms with Crippen LogP contribution in [0.25, 0.3) is 0 Å². The number of carbonyl (C=O) groups is 1. The normalized spacial score (nSPS) is 13.5. The van der Waals surface area contributed by atoms with Crippen LogP contribution in [0, 0.1) is 0 Å². The van der Waals surface area contributed by atoms with E-state index in [-0.39, 0.29) is 17.7 Å². The number of carbonyl (C=O) groups excluding carboxylic acids is 1. The van der Waals surface area contributed by atoms with Crippen molar-refractivity contribution in [3.63, 3.8) is 0 Å². The summed E-state index contributed by atoms with van der Waals surface area (Å²) in [6, 6.07) is 3.59. The lowest BCUT2D eigenvalue weighted by Gasteiger charge is -2.13. The van der Waals surface area contributed by atoms with Crippen molar-refractivity contribution in [1.29, 1.82) is 0 Å². The first-order valence-corrected chi connectivity index (χ1v) is 8.41. The summed E-state index contributed by atoms with van der Waals surface area (Å²) in [5.41, 5.74) is 1.56. The van der Waals surface area contributed by atoms with Crippen molar-refractivity contribution in [3.8, 4) is 5.75 Å². The number of ether oxygens (including phenoxy) is 1. The molecule has 1 N–H and O–H groups in total. The molecule has 0 unspecified atom stereocenters. The fourth-order valence-electron chi connectivity index (χ4n) is 2.57. The van der Waals surface area contributed by atoms with Gasteiger partial charge in [0.25, 0.3) is 0 Å². The van der Waals surface area contributed by atoms with Crippen LogP contribution >= 0.6 is 11.6 Å². The number of rotatable bonds is 4. The van der Waals surface area contributed by atoms with E-state index >= 15 is 0 Å². The van der Waals surface area contributed by atoms with E-state index in [2.05, 4.69) is 31.1 Å². The topological polar surface area (TPSA) is 64.4 Å². The van der Waals surface area contributed by atoms with Gasteiger partial charge >= 0.3 is 0 Å². The average molecular weight is 349 g/mol. The van der Waals surface area contributed by atoms with Gasteiger partial charge in [0.05, 0.1) is 18.5 Å². The number of nitrogens with zero attached hydrogens (tertiary/aromatic N) is 1. The van der Waals surface area contributed by atoms with Crippen molar-refractivity contribution >= 4 is 23.2 Å². The van der Waals surface area contributed by atoms with Gasteiger partial charge < -0.3 is 14.5 Å². The minimum atomic E-state index is -0.120. The number of halogens is 1. The van der Waals surface area contributed by atoms with Crippen LogP contribution in [-0.2, 0) is 23.1 Å². The second-order valence-corrected chi connectivity index (χ2v) is 7.39. The molecule has 1 amide bonds. The van der Waals surface area contributed by atoms with E-state index in [0.29, 0.717) is 29.6 Å². The minimum absolute atomic E-state index is 0.0911. The zero-order chi connectivity index (χ0) is 17.3. The Labute approximate surface area is 146 Å². The molecule has 1 aromatic carbocycles. The molecule has 0 saturated heterocycles. The van der Waals surface area contributed by atoms with Gasteiger partial charge in [-0.25, -0.2) is 4.98 Å². The molecule has 0 fully saturated rings. The number of anilines is 1. The minimum Gasteiger partial charge on any atom is -0.491 e. The molecule has 6 heteroatoms. The van der Waals surface area contributed by atoms with Crippen LogP contribution in [0.5, 0.6) is 5.75 Å². The summed E-state index contributed by atoms with van der Waals surface area (Å²) in [6.45, 7) is 6.79. The molecule has 0 atom stereocenters. The first kappa shape index (κ1) is 16.8. The Balaban J connectivity index is 1.62. The van der Waals surface area contributed by atoms with E-state index in [1.165, 1.54) is 0 Å². The van der Waals surface area contributed by atoms with Crippen LogP contribution in [-0.4, -0.2) is 17.5 Å². The van der Waals surface area contributed by atoms with E-state index in [4.69, 9.17) is 20.8 Å². The highest BCUT2D eigenvalue weighted by Crippen LogP contribution is 2.36. The van der Waals surface area contributed by atoms with E-state index in [1.807, 2.05) is 6.07 Å². The van der Waals surface area contributed by atoms with Crippen molar-refractivity contribution in [2.75, 3.05) is 11.9 Å². The van der Waals surface area contributed by atoms with Crippen LogP contribution in [0.3, 0.4) is 0 Å². The molecule has 0 saturated carbocycles. The number of hydrogen-bond donors (Lipinski definition) is 1. The zero-order valence-corrected chi connectivity index (χ0v) is 14.9. The third kappa shape index (κ3) is 3.73. The number of aromatic nitrogens is 1. The highest BCUT2D eigenvalue weighted by Gasteiger charge is 2.21. The summed E-state index contributed by atoms with van der Waals surface area (Å²) in [4.78, 5) is 16.5. The molecule has 5 nitrogen and oxygen atoms in total. The molecule has 128 valence electrons. The fraction of sp³-hybridized carbons (Fsp3) is 0.444. The van der Waals surface area contributed by atoms with Gasteiger partial charge in [-0.1, -0.05) is 32.4 Å². The molecule has 0 aliphatic carbocycles. The van der Waals surface area contributed by atoms with Crippen LogP contribution in [0.1, 0.15) is 44.4 Å². The average Bonchev–Trinajstić information content (AvgIpc) is 3.13.